The summed E-state index contributed by atoms with van der Waals surface area (Å²) in [5, 5.41) is 0. The number of hydrogen-bond donors (Lipinski definition) is 0. The Labute approximate surface area is 59.5 Å². The van der Waals surface area contributed by atoms with Crippen molar-refractivity contribution in [1.82, 2.24) is 0 Å². The van der Waals surface area contributed by atoms with E-state index in [2.05, 4.69) is 15.9 Å². The largest absolute Gasteiger partial charge is 0.284 e. The first kappa shape index (κ1) is 5.98. The summed E-state index contributed by atoms with van der Waals surface area (Å²) in [6, 6.07) is 3.55. The van der Waals surface area contributed by atoms with E-state index in [9.17, 15) is 4.79 Å². The first-order valence-corrected chi connectivity index (χ1v) is 3.57. The maximum absolute atomic E-state index is 9.88. The summed E-state index contributed by atoms with van der Waals surface area (Å²) < 4.78 is 0.968. The van der Waals surface area contributed by atoms with Crippen LogP contribution in [0.5, 0.6) is 0 Å². The van der Waals surface area contributed by atoms with Gasteiger partial charge in [0.1, 0.15) is 0 Å². The molecule has 0 N–H and O–H groups in total. The van der Waals surface area contributed by atoms with Crippen LogP contribution in [-0.2, 0) is 4.79 Å². The van der Waals surface area contributed by atoms with Crippen molar-refractivity contribution in [2.45, 2.75) is 0 Å². The molecular formula is C5H2BrOS. The van der Waals surface area contributed by atoms with Gasteiger partial charge in [-0.05, 0) is 28.1 Å². The summed E-state index contributed by atoms with van der Waals surface area (Å²) in [5.74, 6) is 0. The molecule has 1 rings (SSSR count). The molecular weight excluding hydrogens is 188 g/mol. The first-order valence-electron chi connectivity index (χ1n) is 1.96. The molecule has 1 nitrogen and oxygen atoms in total. The van der Waals surface area contributed by atoms with E-state index in [1.807, 2.05) is 6.07 Å². The summed E-state index contributed by atoms with van der Waals surface area (Å²) >= 11 is 4.59. The fourth-order valence-corrected chi connectivity index (χ4v) is 1.55. The summed E-state index contributed by atoms with van der Waals surface area (Å²) in [5.41, 5.74) is 0. The monoisotopic (exact) mass is 189 g/mol. The maximum atomic E-state index is 9.88. The minimum Gasteiger partial charge on any atom is -0.284 e. The normalized spacial score (nSPS) is 9.12. The van der Waals surface area contributed by atoms with E-state index < -0.39 is 0 Å². The molecule has 0 aliphatic rings. The quantitative estimate of drug-likeness (QED) is 0.661. The lowest BCUT2D eigenvalue weighted by atomic mass is 10.5. The van der Waals surface area contributed by atoms with Crippen LogP contribution in [0.25, 0.3) is 0 Å². The molecule has 0 fully saturated rings. The summed E-state index contributed by atoms with van der Waals surface area (Å²) in [6.07, 6.45) is 1.79. The number of hydrogen-bond acceptors (Lipinski definition) is 2. The Morgan fingerprint density at radius 3 is 2.62 bits per heavy atom. The van der Waals surface area contributed by atoms with Crippen molar-refractivity contribution in [2.75, 3.05) is 0 Å². The topological polar surface area (TPSA) is 17.1 Å². The molecule has 0 atom stereocenters. The van der Waals surface area contributed by atoms with Crippen molar-refractivity contribution in [2.24, 2.45) is 0 Å². The van der Waals surface area contributed by atoms with E-state index in [4.69, 9.17) is 0 Å². The summed E-state index contributed by atoms with van der Waals surface area (Å²) in [4.78, 5) is 10.5. The molecule has 3 heteroatoms. The SMILES string of the molecule is O=[C]c1ccc(Br)s1. The van der Waals surface area contributed by atoms with Gasteiger partial charge in [0.05, 0.1) is 8.66 Å². The molecule has 1 aromatic rings. The number of thiophene rings is 1. The fourth-order valence-electron chi connectivity index (χ4n) is 0.369. The van der Waals surface area contributed by atoms with Crippen LogP contribution in [0.15, 0.2) is 15.9 Å². The van der Waals surface area contributed by atoms with Crippen molar-refractivity contribution in [3.8, 4) is 0 Å². The van der Waals surface area contributed by atoms with Gasteiger partial charge in [-0.1, -0.05) is 0 Å². The zero-order chi connectivity index (χ0) is 5.98. The van der Waals surface area contributed by atoms with Crippen LogP contribution in [0.1, 0.15) is 4.88 Å². The summed E-state index contributed by atoms with van der Waals surface area (Å²) in [7, 11) is 0. The van der Waals surface area contributed by atoms with Gasteiger partial charge >= 0.3 is 0 Å². The predicted molar refractivity (Wildman–Crippen MR) is 36.8 cm³/mol. The van der Waals surface area contributed by atoms with Crippen molar-refractivity contribution in [3.63, 3.8) is 0 Å². The van der Waals surface area contributed by atoms with Gasteiger partial charge in [-0.2, -0.15) is 0 Å². The number of halogens is 1. The van der Waals surface area contributed by atoms with E-state index in [0.717, 1.165) is 3.79 Å². The Kier molecular flexibility index (Phi) is 1.81. The Morgan fingerprint density at radius 2 is 2.38 bits per heavy atom. The van der Waals surface area contributed by atoms with Crippen LogP contribution in [0.4, 0.5) is 0 Å². The highest BCUT2D eigenvalue weighted by Crippen LogP contribution is 2.19. The van der Waals surface area contributed by atoms with E-state index >= 15 is 0 Å². The van der Waals surface area contributed by atoms with Gasteiger partial charge in [0.2, 0.25) is 6.29 Å². The molecule has 1 heterocycles. The maximum Gasteiger partial charge on any atom is 0.244 e. The van der Waals surface area contributed by atoms with Crippen molar-refractivity contribution in [1.29, 1.82) is 0 Å². The Balaban J connectivity index is 3.00. The highest BCUT2D eigenvalue weighted by atomic mass is 79.9. The molecule has 0 unspecified atom stereocenters. The minimum atomic E-state index is 0.636. The van der Waals surface area contributed by atoms with Crippen LogP contribution in [0.3, 0.4) is 0 Å². The van der Waals surface area contributed by atoms with Gasteiger partial charge in [-0.25, -0.2) is 0 Å². The molecule has 0 aromatic carbocycles. The highest BCUT2D eigenvalue weighted by molar-refractivity contribution is 9.11. The van der Waals surface area contributed by atoms with Gasteiger partial charge in [0.25, 0.3) is 0 Å². The fraction of sp³-hybridized carbons (Fsp3) is 0. The zero-order valence-electron chi connectivity index (χ0n) is 3.85. The molecule has 0 amide bonds. The van der Waals surface area contributed by atoms with Gasteiger partial charge < -0.3 is 0 Å². The zero-order valence-corrected chi connectivity index (χ0v) is 6.25. The molecule has 1 radical (unpaired) electrons. The second-order valence-corrected chi connectivity index (χ2v) is 3.67. The average Bonchev–Trinajstić information content (AvgIpc) is 2.14. The molecule has 41 valence electrons. The van der Waals surface area contributed by atoms with Gasteiger partial charge in [-0.3, -0.25) is 4.79 Å². The molecule has 0 spiro atoms. The third kappa shape index (κ3) is 1.17. The van der Waals surface area contributed by atoms with Crippen LogP contribution in [0.2, 0.25) is 0 Å². The minimum absolute atomic E-state index is 0.636. The average molecular weight is 190 g/mol. The van der Waals surface area contributed by atoms with Crippen LogP contribution >= 0.6 is 27.3 Å². The summed E-state index contributed by atoms with van der Waals surface area (Å²) in [6.45, 7) is 0. The van der Waals surface area contributed by atoms with Crippen molar-refractivity contribution in [3.05, 3.63) is 20.8 Å². The lowest BCUT2D eigenvalue weighted by molar-refractivity contribution is 0.563. The standard InChI is InChI=1S/C5H2BrOS/c6-5-2-1-4(3-7)8-5/h1-2H. The second-order valence-electron chi connectivity index (χ2n) is 1.21. The molecule has 8 heavy (non-hydrogen) atoms. The van der Waals surface area contributed by atoms with E-state index in [-0.39, 0.29) is 0 Å². The molecule has 0 bridgehead atoms. The smallest absolute Gasteiger partial charge is 0.244 e. The molecule has 0 aliphatic heterocycles. The lowest BCUT2D eigenvalue weighted by Crippen LogP contribution is -1.63. The van der Waals surface area contributed by atoms with E-state index in [0.29, 0.717) is 4.88 Å². The molecule has 0 aliphatic carbocycles. The third-order valence-electron chi connectivity index (χ3n) is 0.674. The molecule has 1 aromatic heterocycles. The third-order valence-corrected chi connectivity index (χ3v) is 2.19. The van der Waals surface area contributed by atoms with Gasteiger partial charge in [0, 0.05) is 0 Å². The Bertz CT molecular complexity index is 194. The number of rotatable bonds is 1. The second kappa shape index (κ2) is 2.42. The van der Waals surface area contributed by atoms with Crippen molar-refractivity contribution >= 4 is 33.6 Å². The highest BCUT2D eigenvalue weighted by Gasteiger charge is 1.92. The predicted octanol–water partition coefficient (Wildman–Crippen LogP) is 1.97. The Morgan fingerprint density at radius 1 is 1.62 bits per heavy atom. The van der Waals surface area contributed by atoms with Gasteiger partial charge in [0.15, 0.2) is 0 Å². The van der Waals surface area contributed by atoms with Crippen molar-refractivity contribution < 1.29 is 4.79 Å². The first-order chi connectivity index (χ1) is 3.83. The number of carbonyl (C=O) groups excluding carboxylic acids is 1. The van der Waals surface area contributed by atoms with Crippen LogP contribution in [0, 0.1) is 0 Å². The molecule has 0 saturated heterocycles. The van der Waals surface area contributed by atoms with E-state index in [1.165, 1.54) is 11.3 Å². The molecule has 0 saturated carbocycles. The van der Waals surface area contributed by atoms with Crippen LogP contribution in [-0.4, -0.2) is 6.29 Å². The van der Waals surface area contributed by atoms with Crippen LogP contribution < -0.4 is 0 Å². The lowest BCUT2D eigenvalue weighted by Gasteiger charge is -1.68. The van der Waals surface area contributed by atoms with Gasteiger partial charge in [-0.15, -0.1) is 11.3 Å². The van der Waals surface area contributed by atoms with E-state index in [1.54, 1.807) is 12.4 Å². The Hall–Kier alpha value is -0.150.